The van der Waals surface area contributed by atoms with Crippen LogP contribution in [0.3, 0.4) is 0 Å². The highest BCUT2D eigenvalue weighted by Gasteiger charge is 2.40. The lowest BCUT2D eigenvalue weighted by molar-refractivity contribution is 0.0691. The van der Waals surface area contributed by atoms with Gasteiger partial charge in [0.2, 0.25) is 5.78 Å². The summed E-state index contributed by atoms with van der Waals surface area (Å²) in [6.45, 7) is 1.56. The summed E-state index contributed by atoms with van der Waals surface area (Å²) >= 11 is 0. The molecule has 0 aromatic heterocycles. The van der Waals surface area contributed by atoms with Crippen LogP contribution in [0.25, 0.3) is 0 Å². The summed E-state index contributed by atoms with van der Waals surface area (Å²) in [5.74, 6) is -4.27. The van der Waals surface area contributed by atoms with Crippen molar-refractivity contribution in [3.8, 4) is 23.0 Å². The maximum atomic E-state index is 13.0. The molecule has 0 aliphatic heterocycles. The summed E-state index contributed by atoms with van der Waals surface area (Å²) in [6.07, 6.45) is 0.0318. The average Bonchev–Trinajstić information content (AvgIpc) is 2.65. The van der Waals surface area contributed by atoms with E-state index in [4.69, 9.17) is 9.47 Å². The molecule has 8 heteroatoms. The molecule has 3 N–H and O–H groups in total. The summed E-state index contributed by atoms with van der Waals surface area (Å²) in [5, 5.41) is 30.4. The zero-order valence-corrected chi connectivity index (χ0v) is 14.7. The molecule has 0 radical (unpaired) electrons. The van der Waals surface area contributed by atoms with E-state index in [1.807, 2.05) is 0 Å². The van der Waals surface area contributed by atoms with Gasteiger partial charge in [-0.3, -0.25) is 9.59 Å². The Kier molecular flexibility index (Phi) is 4.27. The number of carbonyl (C=O) groups excluding carboxylic acids is 2. The van der Waals surface area contributed by atoms with Gasteiger partial charge in [-0.25, -0.2) is 4.79 Å². The standard InChI is InChI=1S/C19H16O8/c1-4-8-12(19(24)25)18(23)14-13(15(8)20)16(21)9-5-7(26-2)6-10(27-3)11(9)17(14)22/h5-6,20,23H,4H2,1-3H3,(H,24,25). The minimum Gasteiger partial charge on any atom is -0.507 e. The number of aromatic carboxylic acids is 1. The molecule has 27 heavy (non-hydrogen) atoms. The van der Waals surface area contributed by atoms with E-state index in [0.29, 0.717) is 0 Å². The van der Waals surface area contributed by atoms with Gasteiger partial charge in [0.25, 0.3) is 0 Å². The number of hydrogen-bond acceptors (Lipinski definition) is 7. The highest BCUT2D eigenvalue weighted by atomic mass is 16.5. The van der Waals surface area contributed by atoms with Crippen LogP contribution in [0.4, 0.5) is 0 Å². The van der Waals surface area contributed by atoms with Crippen molar-refractivity contribution in [3.05, 3.63) is 45.5 Å². The van der Waals surface area contributed by atoms with E-state index in [9.17, 15) is 29.7 Å². The van der Waals surface area contributed by atoms with Gasteiger partial charge in [-0.15, -0.1) is 0 Å². The molecule has 1 aliphatic rings. The second-order valence-corrected chi connectivity index (χ2v) is 5.87. The highest BCUT2D eigenvalue weighted by Crippen LogP contribution is 2.45. The van der Waals surface area contributed by atoms with E-state index in [0.717, 1.165) is 0 Å². The van der Waals surface area contributed by atoms with Gasteiger partial charge in [-0.2, -0.15) is 0 Å². The van der Waals surface area contributed by atoms with E-state index in [1.54, 1.807) is 6.92 Å². The minimum absolute atomic E-state index is 0.0312. The van der Waals surface area contributed by atoms with Crippen LogP contribution in [-0.4, -0.2) is 47.1 Å². The van der Waals surface area contributed by atoms with Crippen LogP contribution in [0, 0.1) is 0 Å². The lowest BCUT2D eigenvalue weighted by Gasteiger charge is -2.24. The number of ether oxygens (including phenoxy) is 2. The third-order valence-corrected chi connectivity index (χ3v) is 4.57. The molecule has 0 saturated carbocycles. The first-order valence-electron chi connectivity index (χ1n) is 7.97. The molecule has 3 rings (SSSR count). The molecule has 0 spiro atoms. The smallest absolute Gasteiger partial charge is 0.339 e. The largest absolute Gasteiger partial charge is 0.507 e. The lowest BCUT2D eigenvalue weighted by atomic mass is 9.79. The Balaban J connectivity index is 2.45. The topological polar surface area (TPSA) is 130 Å². The van der Waals surface area contributed by atoms with Gasteiger partial charge in [-0.1, -0.05) is 6.92 Å². The van der Waals surface area contributed by atoms with Crippen LogP contribution in [0.1, 0.15) is 54.7 Å². The Bertz CT molecular complexity index is 1020. The fourth-order valence-corrected chi connectivity index (χ4v) is 3.33. The van der Waals surface area contributed by atoms with Crippen molar-refractivity contribution in [2.45, 2.75) is 13.3 Å². The third-order valence-electron chi connectivity index (χ3n) is 4.57. The Labute approximate surface area is 153 Å². The normalized spacial score (nSPS) is 12.4. The number of carboxylic acid groups (broad SMARTS) is 1. The quantitative estimate of drug-likeness (QED) is 0.594. The Morgan fingerprint density at radius 3 is 2.11 bits per heavy atom. The molecule has 0 bridgehead atoms. The molecule has 0 saturated heterocycles. The van der Waals surface area contributed by atoms with E-state index in [1.165, 1.54) is 26.4 Å². The Morgan fingerprint density at radius 2 is 1.59 bits per heavy atom. The van der Waals surface area contributed by atoms with E-state index >= 15 is 0 Å². The van der Waals surface area contributed by atoms with E-state index in [-0.39, 0.29) is 34.6 Å². The molecule has 0 fully saturated rings. The number of aromatic hydroxyl groups is 2. The van der Waals surface area contributed by atoms with Crippen molar-refractivity contribution in [2.75, 3.05) is 14.2 Å². The monoisotopic (exact) mass is 372 g/mol. The molecule has 8 nitrogen and oxygen atoms in total. The van der Waals surface area contributed by atoms with Crippen LogP contribution in [0.2, 0.25) is 0 Å². The van der Waals surface area contributed by atoms with Gasteiger partial charge in [0, 0.05) is 17.2 Å². The van der Waals surface area contributed by atoms with Gasteiger partial charge in [0.15, 0.2) is 5.78 Å². The number of benzene rings is 2. The summed E-state index contributed by atoms with van der Waals surface area (Å²) in [5.41, 5.74) is -1.91. The Morgan fingerprint density at radius 1 is 0.963 bits per heavy atom. The number of ketones is 2. The lowest BCUT2D eigenvalue weighted by Crippen LogP contribution is -2.24. The second kappa shape index (κ2) is 6.31. The van der Waals surface area contributed by atoms with Crippen molar-refractivity contribution in [2.24, 2.45) is 0 Å². The van der Waals surface area contributed by atoms with Crippen molar-refractivity contribution in [3.63, 3.8) is 0 Å². The zero-order valence-electron chi connectivity index (χ0n) is 14.7. The van der Waals surface area contributed by atoms with Gasteiger partial charge in [0.05, 0.1) is 30.9 Å². The van der Waals surface area contributed by atoms with E-state index < -0.39 is 45.7 Å². The SMILES string of the molecule is CCc1c(O)c2c(c(O)c1C(=O)O)C(=O)c1c(OC)cc(OC)cc1C2=O. The molecule has 0 atom stereocenters. The number of rotatable bonds is 4. The summed E-state index contributed by atoms with van der Waals surface area (Å²) in [7, 11) is 2.67. The number of carbonyl (C=O) groups is 3. The number of phenols is 2. The summed E-state index contributed by atoms with van der Waals surface area (Å²) < 4.78 is 10.3. The molecular formula is C19H16O8. The van der Waals surface area contributed by atoms with Gasteiger partial charge >= 0.3 is 5.97 Å². The van der Waals surface area contributed by atoms with Gasteiger partial charge < -0.3 is 24.8 Å². The number of fused-ring (bicyclic) bond motifs is 2. The first-order chi connectivity index (χ1) is 12.8. The van der Waals surface area contributed by atoms with Crippen molar-refractivity contribution in [1.29, 1.82) is 0 Å². The highest BCUT2D eigenvalue weighted by molar-refractivity contribution is 6.32. The summed E-state index contributed by atoms with van der Waals surface area (Å²) in [6, 6.07) is 2.72. The second-order valence-electron chi connectivity index (χ2n) is 5.87. The van der Waals surface area contributed by atoms with Gasteiger partial charge in [0.1, 0.15) is 28.6 Å². The van der Waals surface area contributed by atoms with Crippen molar-refractivity contribution >= 4 is 17.5 Å². The maximum Gasteiger partial charge on any atom is 0.339 e. The van der Waals surface area contributed by atoms with Crippen LogP contribution in [0.5, 0.6) is 23.0 Å². The first kappa shape index (κ1) is 18.2. The fourth-order valence-electron chi connectivity index (χ4n) is 3.33. The van der Waals surface area contributed by atoms with Crippen LogP contribution in [-0.2, 0) is 6.42 Å². The van der Waals surface area contributed by atoms with Crippen LogP contribution < -0.4 is 9.47 Å². The molecule has 140 valence electrons. The van der Waals surface area contributed by atoms with Crippen LogP contribution >= 0.6 is 0 Å². The first-order valence-corrected chi connectivity index (χ1v) is 7.97. The summed E-state index contributed by atoms with van der Waals surface area (Å²) in [4.78, 5) is 37.6. The number of carboxylic acids is 1. The maximum absolute atomic E-state index is 13.0. The number of methoxy groups -OCH3 is 2. The molecular weight excluding hydrogens is 356 g/mol. The molecule has 0 unspecified atom stereocenters. The third kappa shape index (κ3) is 2.41. The zero-order chi connectivity index (χ0) is 20.0. The molecule has 2 aromatic rings. The number of hydrogen-bond donors (Lipinski definition) is 3. The fraction of sp³-hybridized carbons (Fsp3) is 0.211. The number of phenolic OH excluding ortho intramolecular Hbond substituents is 1. The van der Waals surface area contributed by atoms with E-state index in [2.05, 4.69) is 0 Å². The molecule has 1 aliphatic carbocycles. The predicted molar refractivity (Wildman–Crippen MR) is 92.5 cm³/mol. The predicted octanol–water partition coefficient (Wildman–Crippen LogP) is 2.15. The minimum atomic E-state index is -1.52. The van der Waals surface area contributed by atoms with Crippen LogP contribution in [0.15, 0.2) is 12.1 Å². The van der Waals surface area contributed by atoms with Gasteiger partial charge in [-0.05, 0) is 12.5 Å². The van der Waals surface area contributed by atoms with Crippen molar-refractivity contribution in [1.82, 2.24) is 0 Å². The molecule has 0 heterocycles. The molecule has 0 amide bonds. The Hall–Kier alpha value is -3.55. The average molecular weight is 372 g/mol. The van der Waals surface area contributed by atoms with Crippen molar-refractivity contribution < 1.29 is 39.2 Å². The molecule has 2 aromatic carbocycles.